The second-order valence-electron chi connectivity index (χ2n) is 11.5. The summed E-state index contributed by atoms with van der Waals surface area (Å²) in [4.78, 5) is 18.2. The van der Waals surface area contributed by atoms with E-state index in [2.05, 4.69) is 19.8 Å². The minimum atomic E-state index is -4.13. The lowest BCUT2D eigenvalue weighted by Gasteiger charge is -2.30. The molecule has 1 amide bonds. The molecule has 46 heavy (non-hydrogen) atoms. The minimum absolute atomic E-state index is 0.0238. The summed E-state index contributed by atoms with van der Waals surface area (Å²) in [6, 6.07) is 16.3. The first-order valence-corrected chi connectivity index (χ1v) is 18.8. The second kappa shape index (κ2) is 14.3. The van der Waals surface area contributed by atoms with Gasteiger partial charge in [-0.3, -0.25) is 9.52 Å². The molecule has 13 heteroatoms. The Morgan fingerprint density at radius 1 is 0.804 bits per heavy atom. The van der Waals surface area contributed by atoms with E-state index in [4.69, 9.17) is 4.74 Å². The van der Waals surface area contributed by atoms with Crippen LogP contribution in [0.3, 0.4) is 0 Å². The maximum absolute atomic E-state index is 14.0. The highest BCUT2D eigenvalue weighted by Crippen LogP contribution is 2.35. The first-order valence-electron chi connectivity index (χ1n) is 15.8. The summed E-state index contributed by atoms with van der Waals surface area (Å²) in [5, 5.41) is 2.88. The lowest BCUT2D eigenvalue weighted by molar-refractivity contribution is 0.102. The SMILES string of the molecule is CCN(CC)S(=O)(=O)c1ccc(N2CCCC2)c(C(=O)Nc2ccc(N3CCCCC3)c(S(=O)(=O)Nc3ccccc3OC)c2)c1. The van der Waals surface area contributed by atoms with Gasteiger partial charge in [-0.15, -0.1) is 0 Å². The summed E-state index contributed by atoms with van der Waals surface area (Å²) < 4.78 is 64.1. The van der Waals surface area contributed by atoms with Crippen LogP contribution >= 0.6 is 0 Å². The Hall–Kier alpha value is -3.81. The van der Waals surface area contributed by atoms with E-state index < -0.39 is 26.0 Å². The van der Waals surface area contributed by atoms with Crippen LogP contribution in [-0.2, 0) is 20.0 Å². The van der Waals surface area contributed by atoms with Crippen LogP contribution in [0, 0.1) is 0 Å². The average Bonchev–Trinajstić information content (AvgIpc) is 3.60. The highest BCUT2D eigenvalue weighted by molar-refractivity contribution is 7.93. The van der Waals surface area contributed by atoms with E-state index in [1.54, 1.807) is 62.4 Å². The molecule has 2 N–H and O–H groups in total. The molecule has 2 fully saturated rings. The molecule has 2 aliphatic rings. The summed E-state index contributed by atoms with van der Waals surface area (Å²) in [5.74, 6) is -0.144. The number of carbonyl (C=O) groups excluding carboxylic acids is 1. The Bertz CT molecular complexity index is 1760. The molecule has 0 radical (unpaired) electrons. The van der Waals surface area contributed by atoms with Gasteiger partial charge in [0.2, 0.25) is 10.0 Å². The molecular weight excluding hydrogens is 627 g/mol. The summed E-state index contributed by atoms with van der Waals surface area (Å²) in [5.41, 5.74) is 1.97. The molecule has 2 saturated heterocycles. The zero-order valence-corrected chi connectivity index (χ0v) is 28.3. The standard InChI is InChI=1S/C33H43N5O6S2/c1-4-38(5-2)46(42,43)26-16-18-29(36-21-11-12-22-36)27(24-26)33(39)34-25-15-17-30(37-19-9-6-10-20-37)32(23-25)45(40,41)35-28-13-7-8-14-31(28)44-3/h7-8,13-18,23-24,35H,4-6,9-12,19-22H2,1-3H3,(H,34,39). The molecule has 3 aromatic carbocycles. The smallest absolute Gasteiger partial charge is 0.264 e. The van der Waals surface area contributed by atoms with Crippen molar-refractivity contribution in [1.82, 2.24) is 4.31 Å². The Morgan fingerprint density at radius 2 is 1.41 bits per heavy atom. The summed E-state index contributed by atoms with van der Waals surface area (Å²) in [6.45, 7) is 7.10. The average molecular weight is 670 g/mol. The molecule has 0 aliphatic carbocycles. The molecule has 11 nitrogen and oxygen atoms in total. The van der Waals surface area contributed by atoms with Crippen molar-refractivity contribution in [2.24, 2.45) is 0 Å². The van der Waals surface area contributed by atoms with Crippen molar-refractivity contribution in [3.05, 3.63) is 66.2 Å². The lowest BCUT2D eigenvalue weighted by Crippen LogP contribution is -2.31. The summed E-state index contributed by atoms with van der Waals surface area (Å²) >= 11 is 0. The van der Waals surface area contributed by atoms with E-state index in [1.165, 1.54) is 23.5 Å². The predicted octanol–water partition coefficient (Wildman–Crippen LogP) is 5.37. The number of para-hydroxylation sites is 2. The fraction of sp³-hybridized carbons (Fsp3) is 0.424. The van der Waals surface area contributed by atoms with Crippen LogP contribution in [0.25, 0.3) is 0 Å². The summed E-state index contributed by atoms with van der Waals surface area (Å²) in [7, 11) is -6.47. The number of ether oxygens (including phenoxy) is 1. The maximum atomic E-state index is 14.0. The molecule has 0 unspecified atom stereocenters. The number of amides is 1. The molecule has 248 valence electrons. The maximum Gasteiger partial charge on any atom is 0.264 e. The zero-order chi connectivity index (χ0) is 32.9. The highest BCUT2D eigenvalue weighted by atomic mass is 32.2. The van der Waals surface area contributed by atoms with Gasteiger partial charge >= 0.3 is 0 Å². The van der Waals surface area contributed by atoms with Gasteiger partial charge in [-0.1, -0.05) is 26.0 Å². The van der Waals surface area contributed by atoms with Gasteiger partial charge in [-0.25, -0.2) is 16.8 Å². The van der Waals surface area contributed by atoms with E-state index in [1.807, 2.05) is 0 Å². The van der Waals surface area contributed by atoms with Gasteiger partial charge in [0, 0.05) is 50.6 Å². The third-order valence-electron chi connectivity index (χ3n) is 8.56. The topological polar surface area (TPSA) is 128 Å². The second-order valence-corrected chi connectivity index (χ2v) is 15.0. The number of rotatable bonds is 12. The van der Waals surface area contributed by atoms with Crippen molar-refractivity contribution in [3.63, 3.8) is 0 Å². The summed E-state index contributed by atoms with van der Waals surface area (Å²) in [6.07, 6.45) is 4.92. The van der Waals surface area contributed by atoms with Gasteiger partial charge in [0.1, 0.15) is 10.6 Å². The Morgan fingerprint density at radius 3 is 2.07 bits per heavy atom. The number of piperidine rings is 1. The number of carbonyl (C=O) groups is 1. The number of anilines is 4. The van der Waals surface area contributed by atoms with Gasteiger partial charge in [0.25, 0.3) is 15.9 Å². The number of sulfonamides is 2. The van der Waals surface area contributed by atoms with Gasteiger partial charge < -0.3 is 19.9 Å². The van der Waals surface area contributed by atoms with Crippen LogP contribution in [0.5, 0.6) is 5.75 Å². The number of nitrogens with one attached hydrogen (secondary N) is 2. The number of nitrogens with zero attached hydrogens (tertiary/aromatic N) is 3. The number of hydrogen-bond donors (Lipinski definition) is 2. The molecule has 2 heterocycles. The fourth-order valence-electron chi connectivity index (χ4n) is 6.13. The van der Waals surface area contributed by atoms with E-state index in [0.29, 0.717) is 35.9 Å². The normalized spacial score (nSPS) is 15.7. The predicted molar refractivity (Wildman–Crippen MR) is 182 cm³/mol. The van der Waals surface area contributed by atoms with Gasteiger partial charge in [-0.2, -0.15) is 4.31 Å². The molecule has 5 rings (SSSR count). The van der Waals surface area contributed by atoms with Crippen LogP contribution < -0.4 is 24.6 Å². The lowest BCUT2D eigenvalue weighted by atomic mass is 10.1. The van der Waals surface area contributed by atoms with Crippen LogP contribution in [0.15, 0.2) is 70.5 Å². The number of benzene rings is 3. The van der Waals surface area contributed by atoms with Crippen LogP contribution in [0.2, 0.25) is 0 Å². The van der Waals surface area contributed by atoms with Gasteiger partial charge in [0.15, 0.2) is 0 Å². The fourth-order valence-corrected chi connectivity index (χ4v) is 8.94. The Balaban J connectivity index is 1.54. The third kappa shape index (κ3) is 7.11. The van der Waals surface area contributed by atoms with Gasteiger partial charge in [0.05, 0.1) is 28.9 Å². The molecule has 0 spiro atoms. The van der Waals surface area contributed by atoms with Crippen molar-refractivity contribution >= 4 is 48.7 Å². The first-order chi connectivity index (χ1) is 22.1. The van der Waals surface area contributed by atoms with Crippen LogP contribution in [-0.4, -0.2) is 73.4 Å². The van der Waals surface area contributed by atoms with Crippen LogP contribution in [0.4, 0.5) is 22.7 Å². The highest BCUT2D eigenvalue weighted by Gasteiger charge is 2.28. The van der Waals surface area contributed by atoms with Crippen molar-refractivity contribution in [1.29, 1.82) is 0 Å². The van der Waals surface area contributed by atoms with Crippen LogP contribution in [0.1, 0.15) is 56.3 Å². The molecule has 0 atom stereocenters. The molecule has 0 aromatic heterocycles. The Kier molecular flexibility index (Phi) is 10.4. The van der Waals surface area contributed by atoms with Crippen molar-refractivity contribution in [3.8, 4) is 5.75 Å². The zero-order valence-electron chi connectivity index (χ0n) is 26.7. The van der Waals surface area contributed by atoms with Crippen molar-refractivity contribution in [2.45, 2.75) is 55.7 Å². The first kappa shape index (κ1) is 33.6. The molecule has 2 aliphatic heterocycles. The Labute approximate surface area is 272 Å². The number of hydrogen-bond acceptors (Lipinski definition) is 8. The van der Waals surface area contributed by atoms with E-state index >= 15 is 0 Å². The molecule has 3 aromatic rings. The van der Waals surface area contributed by atoms with Gasteiger partial charge in [-0.05, 0) is 80.6 Å². The van der Waals surface area contributed by atoms with Crippen molar-refractivity contribution < 1.29 is 26.4 Å². The quantitative estimate of drug-likeness (QED) is 0.264. The molecule has 0 bridgehead atoms. The van der Waals surface area contributed by atoms with E-state index in [-0.39, 0.29) is 21.0 Å². The monoisotopic (exact) mass is 669 g/mol. The minimum Gasteiger partial charge on any atom is -0.495 e. The number of methoxy groups -OCH3 is 1. The molecular formula is C33H43N5O6S2. The largest absolute Gasteiger partial charge is 0.495 e. The molecule has 0 saturated carbocycles. The van der Waals surface area contributed by atoms with E-state index in [9.17, 15) is 21.6 Å². The van der Waals surface area contributed by atoms with E-state index in [0.717, 1.165) is 58.3 Å². The van der Waals surface area contributed by atoms with Crippen molar-refractivity contribution in [2.75, 3.05) is 66.2 Å². The third-order valence-corrected chi connectivity index (χ3v) is 12.0.